The van der Waals surface area contributed by atoms with E-state index in [4.69, 9.17) is 9.47 Å². The second-order valence-electron chi connectivity index (χ2n) is 8.03. The predicted molar refractivity (Wildman–Crippen MR) is 103 cm³/mol. The van der Waals surface area contributed by atoms with Gasteiger partial charge in [0.2, 0.25) is 0 Å². The summed E-state index contributed by atoms with van der Waals surface area (Å²) in [6.07, 6.45) is 8.16. The first kappa shape index (κ1) is 17.5. The van der Waals surface area contributed by atoms with Crippen molar-refractivity contribution in [2.45, 2.75) is 26.7 Å². The highest BCUT2D eigenvalue weighted by molar-refractivity contribution is 6.07. The van der Waals surface area contributed by atoms with Gasteiger partial charge < -0.3 is 9.47 Å². The summed E-state index contributed by atoms with van der Waals surface area (Å²) < 4.78 is 11.2. The van der Waals surface area contributed by atoms with Crippen molar-refractivity contribution in [1.29, 1.82) is 0 Å². The van der Waals surface area contributed by atoms with E-state index in [1.165, 1.54) is 0 Å². The Morgan fingerprint density at radius 2 is 1.64 bits per heavy atom. The summed E-state index contributed by atoms with van der Waals surface area (Å²) in [5, 5.41) is 5.36. The van der Waals surface area contributed by atoms with Crippen molar-refractivity contribution in [1.82, 2.24) is 5.01 Å². The zero-order valence-corrected chi connectivity index (χ0v) is 16.1. The summed E-state index contributed by atoms with van der Waals surface area (Å²) >= 11 is 0. The molecule has 0 radical (unpaired) electrons. The van der Waals surface area contributed by atoms with E-state index in [-0.39, 0.29) is 40.9 Å². The first-order valence-corrected chi connectivity index (χ1v) is 10.1. The van der Waals surface area contributed by atoms with Crippen LogP contribution in [0.5, 0.6) is 11.5 Å². The largest absolute Gasteiger partial charge is 0.490 e. The molecule has 1 saturated heterocycles. The number of amides is 2. The number of hydrogen-bond acceptors (Lipinski definition) is 5. The lowest BCUT2D eigenvalue weighted by molar-refractivity contribution is -0.141. The quantitative estimate of drug-likeness (QED) is 0.432. The maximum atomic E-state index is 12.9. The average molecular weight is 380 g/mol. The summed E-state index contributed by atoms with van der Waals surface area (Å²) in [5.41, 5.74) is 0.960. The molecule has 2 saturated carbocycles. The van der Waals surface area contributed by atoms with Gasteiger partial charge in [0, 0.05) is 0 Å². The highest BCUT2D eigenvalue weighted by Gasteiger charge is 2.73. The van der Waals surface area contributed by atoms with Gasteiger partial charge in [0.05, 0.1) is 31.3 Å². The summed E-state index contributed by atoms with van der Waals surface area (Å²) in [6, 6.07) is 5.47. The van der Waals surface area contributed by atoms with Crippen molar-refractivity contribution < 1.29 is 19.1 Å². The highest BCUT2D eigenvalue weighted by atomic mass is 16.5. The number of benzene rings is 1. The Kier molecular flexibility index (Phi) is 3.86. The Balaban J connectivity index is 1.37. The van der Waals surface area contributed by atoms with Crippen LogP contribution in [0, 0.1) is 29.1 Å². The molecule has 5 rings (SSSR count). The van der Waals surface area contributed by atoms with Crippen LogP contribution in [0.2, 0.25) is 0 Å². The number of fused-ring (bicyclic) bond motifs is 3. The lowest BCUT2D eigenvalue weighted by Gasteiger charge is -2.18. The molecule has 3 aliphatic carbocycles. The first-order valence-electron chi connectivity index (χ1n) is 10.1. The summed E-state index contributed by atoms with van der Waals surface area (Å²) in [4.78, 5) is 25.9. The minimum Gasteiger partial charge on any atom is -0.490 e. The normalized spacial score (nSPS) is 31.3. The summed E-state index contributed by atoms with van der Waals surface area (Å²) in [6.45, 7) is 4.89. The molecule has 0 aromatic heterocycles. The third-order valence-electron chi connectivity index (χ3n) is 6.72. The Morgan fingerprint density at radius 3 is 2.21 bits per heavy atom. The third-order valence-corrected chi connectivity index (χ3v) is 6.72. The average Bonchev–Trinajstić information content (AvgIpc) is 3.29. The molecule has 6 heteroatoms. The van der Waals surface area contributed by atoms with Gasteiger partial charge in [0.15, 0.2) is 11.5 Å². The van der Waals surface area contributed by atoms with E-state index in [0.717, 1.165) is 23.4 Å². The van der Waals surface area contributed by atoms with E-state index in [1.54, 1.807) is 6.21 Å². The van der Waals surface area contributed by atoms with E-state index < -0.39 is 0 Å². The number of carbonyl (C=O) groups is 2. The molecule has 0 N–H and O–H groups in total. The molecule has 0 unspecified atom stereocenters. The predicted octanol–water partition coefficient (Wildman–Crippen LogP) is 3.02. The molecule has 2 amide bonds. The van der Waals surface area contributed by atoms with Crippen molar-refractivity contribution in [3.05, 3.63) is 35.9 Å². The number of hydrazone groups is 1. The van der Waals surface area contributed by atoms with Crippen molar-refractivity contribution in [3.8, 4) is 11.5 Å². The molecule has 146 valence electrons. The number of carbonyl (C=O) groups excluding carboxylic acids is 2. The van der Waals surface area contributed by atoms with Gasteiger partial charge in [-0.2, -0.15) is 10.1 Å². The second-order valence-corrected chi connectivity index (χ2v) is 8.03. The molecule has 1 heterocycles. The molecular formula is C22H24N2O4. The molecule has 3 fully saturated rings. The molecular weight excluding hydrogens is 356 g/mol. The van der Waals surface area contributed by atoms with Crippen LogP contribution in [0.25, 0.3) is 0 Å². The number of ether oxygens (including phenoxy) is 2. The maximum absolute atomic E-state index is 12.9. The third kappa shape index (κ3) is 2.30. The van der Waals surface area contributed by atoms with Crippen molar-refractivity contribution in [2.75, 3.05) is 13.2 Å². The van der Waals surface area contributed by atoms with E-state index in [9.17, 15) is 9.59 Å². The fraction of sp³-hybridized carbons (Fsp3) is 0.500. The zero-order chi connectivity index (χ0) is 19.5. The van der Waals surface area contributed by atoms with Gasteiger partial charge in [-0.05, 0) is 67.7 Å². The smallest absolute Gasteiger partial charge is 0.254 e. The van der Waals surface area contributed by atoms with Crippen LogP contribution >= 0.6 is 0 Å². The van der Waals surface area contributed by atoms with Crippen LogP contribution in [0.3, 0.4) is 0 Å². The molecule has 4 aliphatic rings. The van der Waals surface area contributed by atoms with Gasteiger partial charge in [-0.25, -0.2) is 0 Å². The molecule has 1 aliphatic heterocycles. The first-order chi connectivity index (χ1) is 13.6. The van der Waals surface area contributed by atoms with E-state index in [0.29, 0.717) is 24.7 Å². The molecule has 1 spiro atoms. The topological polar surface area (TPSA) is 68.2 Å². The Morgan fingerprint density at radius 1 is 1.04 bits per heavy atom. The molecule has 2 bridgehead atoms. The molecule has 28 heavy (non-hydrogen) atoms. The molecule has 1 aromatic carbocycles. The number of rotatable bonds is 6. The van der Waals surface area contributed by atoms with Crippen LogP contribution in [0.15, 0.2) is 35.5 Å². The monoisotopic (exact) mass is 380 g/mol. The van der Waals surface area contributed by atoms with E-state index in [1.807, 2.05) is 32.0 Å². The summed E-state index contributed by atoms with van der Waals surface area (Å²) in [7, 11) is 0. The highest BCUT2D eigenvalue weighted by Crippen LogP contribution is 2.73. The van der Waals surface area contributed by atoms with Crippen molar-refractivity contribution in [2.24, 2.45) is 34.2 Å². The minimum absolute atomic E-state index is 0.148. The Hall–Kier alpha value is -2.63. The van der Waals surface area contributed by atoms with Crippen LogP contribution < -0.4 is 9.47 Å². The standard InChI is InChI=1S/C22H24N2O4/c1-3-27-16-8-5-13(11-17(16)28-4-2)12-23-24-20(25)18-14-6-7-15(19(18)21(24)26)22(14)9-10-22/h5-8,11-12,14-15,18-19H,3-4,9-10H2,1-2H3/b23-12-/t14-,15-,18+,19+/m1/s1. The molecule has 1 aromatic rings. The molecule has 6 nitrogen and oxygen atoms in total. The van der Waals surface area contributed by atoms with Gasteiger partial charge >= 0.3 is 0 Å². The maximum Gasteiger partial charge on any atom is 0.254 e. The number of nitrogens with zero attached hydrogens (tertiary/aromatic N) is 2. The second kappa shape index (κ2) is 6.19. The van der Waals surface area contributed by atoms with Gasteiger partial charge in [0.1, 0.15) is 0 Å². The Labute approximate surface area is 164 Å². The molecule has 4 atom stereocenters. The lowest BCUT2D eigenvalue weighted by Crippen LogP contribution is -2.30. The SMILES string of the molecule is CCOc1ccc(/C=N\N2C(=O)[C@@H]3[C@@H](C2=O)[C@H]2C=C[C@H]3C23CC3)cc1OCC. The summed E-state index contributed by atoms with van der Waals surface area (Å²) in [5.74, 6) is 0.992. The Bertz CT molecular complexity index is 868. The minimum atomic E-state index is -0.221. The van der Waals surface area contributed by atoms with Crippen LogP contribution in [-0.2, 0) is 9.59 Å². The van der Waals surface area contributed by atoms with Gasteiger partial charge in [-0.1, -0.05) is 12.2 Å². The van der Waals surface area contributed by atoms with Crippen LogP contribution in [-0.4, -0.2) is 36.3 Å². The van der Waals surface area contributed by atoms with Crippen molar-refractivity contribution >= 4 is 18.0 Å². The van der Waals surface area contributed by atoms with E-state index >= 15 is 0 Å². The fourth-order valence-corrected chi connectivity index (χ4v) is 5.45. The number of hydrogen-bond donors (Lipinski definition) is 0. The lowest BCUT2D eigenvalue weighted by atomic mass is 9.85. The van der Waals surface area contributed by atoms with Crippen LogP contribution in [0.1, 0.15) is 32.3 Å². The van der Waals surface area contributed by atoms with Crippen molar-refractivity contribution in [3.63, 3.8) is 0 Å². The zero-order valence-electron chi connectivity index (χ0n) is 16.1. The fourth-order valence-electron chi connectivity index (χ4n) is 5.45. The van der Waals surface area contributed by atoms with Gasteiger partial charge in [-0.15, -0.1) is 0 Å². The number of imide groups is 1. The number of allylic oxidation sites excluding steroid dienone is 2. The van der Waals surface area contributed by atoms with Gasteiger partial charge in [0.25, 0.3) is 11.8 Å². The van der Waals surface area contributed by atoms with E-state index in [2.05, 4.69) is 17.3 Å². The van der Waals surface area contributed by atoms with Crippen LogP contribution in [0.4, 0.5) is 0 Å². The van der Waals surface area contributed by atoms with Gasteiger partial charge in [-0.3, -0.25) is 9.59 Å².